The first kappa shape index (κ1) is 28.4. The number of benzene rings is 3. The first-order valence-electron chi connectivity index (χ1n) is 12.7. The third kappa shape index (κ3) is 8.69. The number of ether oxygens (including phenoxy) is 2. The summed E-state index contributed by atoms with van der Waals surface area (Å²) in [5, 5.41) is 12.7. The Balaban J connectivity index is 1.63. The van der Waals surface area contributed by atoms with Gasteiger partial charge >= 0.3 is 5.97 Å². The Kier molecular flexibility index (Phi) is 10.2. The lowest BCUT2D eigenvalue weighted by atomic mass is 9.87. The summed E-state index contributed by atoms with van der Waals surface area (Å²) in [5.41, 5.74) is 4.56. The second kappa shape index (κ2) is 13.4. The molecule has 5 nitrogen and oxygen atoms in total. The molecule has 37 heavy (non-hydrogen) atoms. The molecule has 3 rings (SSSR count). The summed E-state index contributed by atoms with van der Waals surface area (Å²) in [6, 6.07) is 26.2. The van der Waals surface area contributed by atoms with Crippen LogP contribution in [0.15, 0.2) is 78.9 Å². The van der Waals surface area contributed by atoms with Crippen molar-refractivity contribution in [1.82, 2.24) is 5.32 Å². The van der Waals surface area contributed by atoms with Crippen LogP contribution in [-0.4, -0.2) is 35.4 Å². The molecule has 0 heterocycles. The zero-order chi connectivity index (χ0) is 26.8. The molecule has 0 aliphatic rings. The zero-order valence-electron chi connectivity index (χ0n) is 22.1. The van der Waals surface area contributed by atoms with Gasteiger partial charge in [-0.3, -0.25) is 0 Å². The van der Waals surface area contributed by atoms with Crippen molar-refractivity contribution in [3.8, 4) is 5.75 Å². The largest absolute Gasteiger partial charge is 0.493 e. The van der Waals surface area contributed by atoms with E-state index in [1.54, 1.807) is 6.92 Å². The Hall–Kier alpha value is -3.22. The number of rotatable bonds is 12. The van der Waals surface area contributed by atoms with Crippen LogP contribution in [-0.2, 0) is 27.9 Å². The molecule has 0 radical (unpaired) electrons. The van der Waals surface area contributed by atoms with Crippen LogP contribution in [0.5, 0.6) is 5.75 Å². The maximum atomic E-state index is 11.4. The second-order valence-corrected chi connectivity index (χ2v) is 10.5. The van der Waals surface area contributed by atoms with E-state index >= 15 is 0 Å². The fourth-order valence-electron chi connectivity index (χ4n) is 3.98. The molecule has 0 bridgehead atoms. The summed E-state index contributed by atoms with van der Waals surface area (Å²) < 4.78 is 11.4. The smallest absolute Gasteiger partial charge is 0.333 e. The van der Waals surface area contributed by atoms with Gasteiger partial charge in [0.25, 0.3) is 0 Å². The van der Waals surface area contributed by atoms with Crippen molar-refractivity contribution < 1.29 is 19.4 Å². The summed E-state index contributed by atoms with van der Waals surface area (Å²) in [6.45, 7) is 9.80. The van der Waals surface area contributed by atoms with Crippen LogP contribution in [0.2, 0.25) is 0 Å². The molecule has 0 aromatic heterocycles. The normalized spacial score (nSPS) is 13.0. The number of carbonyl (C=O) groups is 1. The number of carboxylic acid groups (broad SMARTS) is 1. The van der Waals surface area contributed by atoms with Gasteiger partial charge in [-0.2, -0.15) is 0 Å². The quantitative estimate of drug-likeness (QED) is 0.274. The highest BCUT2D eigenvalue weighted by molar-refractivity contribution is 7.80. The molecule has 0 saturated heterocycles. The standard InChI is InChI=1S/C31H37NO4S/c1-5-35-28(30(33)34)19-22-13-17-26(18-14-22)36-21-27(24-9-7-6-8-10-24)29(37)32-20-23-11-15-25(16-12-23)31(2,3)4/h6-18,27-28H,5,19-21H2,1-4H3,(H,32,37)(H,33,34)/t27-,28-/m1/s1. The molecule has 0 saturated carbocycles. The highest BCUT2D eigenvalue weighted by atomic mass is 32.1. The number of aliphatic carboxylic acids is 1. The van der Waals surface area contributed by atoms with Gasteiger partial charge in [-0.1, -0.05) is 99.7 Å². The fraction of sp³-hybridized carbons (Fsp3) is 0.355. The minimum atomic E-state index is -0.959. The molecule has 0 unspecified atom stereocenters. The molecule has 2 atom stereocenters. The highest BCUT2D eigenvalue weighted by Gasteiger charge is 2.20. The number of hydrogen-bond acceptors (Lipinski definition) is 4. The second-order valence-electron chi connectivity index (χ2n) is 10.1. The fourth-order valence-corrected chi connectivity index (χ4v) is 4.25. The Morgan fingerprint density at radius 3 is 2.14 bits per heavy atom. The number of thiocarbonyl (C=S) groups is 1. The molecule has 0 fully saturated rings. The van der Waals surface area contributed by atoms with Crippen LogP contribution in [0.3, 0.4) is 0 Å². The molecule has 3 aromatic rings. The minimum absolute atomic E-state index is 0.112. The monoisotopic (exact) mass is 519 g/mol. The van der Waals surface area contributed by atoms with Gasteiger partial charge in [-0.15, -0.1) is 0 Å². The Bertz CT molecular complexity index is 1140. The van der Waals surface area contributed by atoms with E-state index in [9.17, 15) is 9.90 Å². The van der Waals surface area contributed by atoms with Gasteiger partial charge in [0.2, 0.25) is 0 Å². The minimum Gasteiger partial charge on any atom is -0.493 e. The van der Waals surface area contributed by atoms with Crippen molar-refractivity contribution >= 4 is 23.2 Å². The molecule has 3 aromatic carbocycles. The average Bonchev–Trinajstić information content (AvgIpc) is 2.88. The summed E-state index contributed by atoms with van der Waals surface area (Å²) in [7, 11) is 0. The predicted octanol–water partition coefficient (Wildman–Crippen LogP) is 6.30. The van der Waals surface area contributed by atoms with Crippen LogP contribution >= 0.6 is 12.2 Å². The predicted molar refractivity (Wildman–Crippen MR) is 152 cm³/mol. The van der Waals surface area contributed by atoms with Gasteiger partial charge in [0.1, 0.15) is 12.4 Å². The summed E-state index contributed by atoms with van der Waals surface area (Å²) in [4.78, 5) is 12.1. The highest BCUT2D eigenvalue weighted by Crippen LogP contribution is 2.23. The zero-order valence-corrected chi connectivity index (χ0v) is 22.9. The average molecular weight is 520 g/mol. The van der Waals surface area contributed by atoms with Gasteiger partial charge in [0, 0.05) is 19.6 Å². The SMILES string of the molecule is CCO[C@H](Cc1ccc(OC[C@@H](C(=S)NCc2ccc(C(C)(C)C)cc2)c2ccccc2)cc1)C(=O)O. The van der Waals surface area contributed by atoms with E-state index in [-0.39, 0.29) is 11.3 Å². The first-order valence-corrected chi connectivity index (χ1v) is 13.1. The van der Waals surface area contributed by atoms with E-state index in [1.165, 1.54) is 11.1 Å². The van der Waals surface area contributed by atoms with Gasteiger partial charge in [-0.25, -0.2) is 4.79 Å². The third-order valence-corrected chi connectivity index (χ3v) is 6.64. The van der Waals surface area contributed by atoms with Crippen LogP contribution in [0.25, 0.3) is 0 Å². The lowest BCUT2D eigenvalue weighted by Gasteiger charge is -2.22. The van der Waals surface area contributed by atoms with Gasteiger partial charge in [0.15, 0.2) is 6.10 Å². The molecule has 6 heteroatoms. The molecule has 196 valence electrons. The van der Waals surface area contributed by atoms with Crippen LogP contribution < -0.4 is 10.1 Å². The maximum absolute atomic E-state index is 11.4. The van der Waals surface area contributed by atoms with Crippen LogP contribution in [0.1, 0.15) is 55.9 Å². The lowest BCUT2D eigenvalue weighted by Crippen LogP contribution is -2.30. The van der Waals surface area contributed by atoms with Crippen molar-refractivity contribution in [2.45, 2.75) is 58.1 Å². The van der Waals surface area contributed by atoms with Crippen molar-refractivity contribution in [3.63, 3.8) is 0 Å². The molecule has 0 aliphatic heterocycles. The topological polar surface area (TPSA) is 67.8 Å². The Morgan fingerprint density at radius 2 is 1.57 bits per heavy atom. The van der Waals surface area contributed by atoms with E-state index in [1.807, 2.05) is 42.5 Å². The van der Waals surface area contributed by atoms with Crippen LogP contribution in [0.4, 0.5) is 0 Å². The van der Waals surface area contributed by atoms with Crippen molar-refractivity contribution in [3.05, 3.63) is 101 Å². The maximum Gasteiger partial charge on any atom is 0.333 e. The van der Waals surface area contributed by atoms with E-state index < -0.39 is 12.1 Å². The summed E-state index contributed by atoms with van der Waals surface area (Å²) >= 11 is 5.81. The summed E-state index contributed by atoms with van der Waals surface area (Å²) in [5.74, 6) is -0.369. The molecule has 0 spiro atoms. The van der Waals surface area contributed by atoms with Gasteiger partial charge < -0.3 is 19.9 Å². The number of hydrogen-bond donors (Lipinski definition) is 2. The van der Waals surface area contributed by atoms with E-state index in [0.29, 0.717) is 31.9 Å². The molecule has 0 aliphatic carbocycles. The number of carboxylic acids is 1. The third-order valence-electron chi connectivity index (χ3n) is 6.21. The molecule has 2 N–H and O–H groups in total. The first-order chi connectivity index (χ1) is 17.7. The van der Waals surface area contributed by atoms with E-state index in [2.05, 4.69) is 62.5 Å². The Labute approximate surface area is 225 Å². The van der Waals surface area contributed by atoms with E-state index in [4.69, 9.17) is 21.7 Å². The summed E-state index contributed by atoms with van der Waals surface area (Å²) in [6.07, 6.45) is -0.548. The van der Waals surface area contributed by atoms with Crippen molar-refractivity contribution in [1.29, 1.82) is 0 Å². The van der Waals surface area contributed by atoms with Crippen LogP contribution in [0, 0.1) is 0 Å². The number of nitrogens with one attached hydrogen (secondary N) is 1. The molecular formula is C31H37NO4S. The molecule has 0 amide bonds. The van der Waals surface area contributed by atoms with Crippen molar-refractivity contribution in [2.75, 3.05) is 13.2 Å². The van der Waals surface area contributed by atoms with E-state index in [0.717, 1.165) is 16.1 Å². The Morgan fingerprint density at radius 1 is 0.946 bits per heavy atom. The van der Waals surface area contributed by atoms with Gasteiger partial charge in [0.05, 0.1) is 10.9 Å². The van der Waals surface area contributed by atoms with Gasteiger partial charge in [-0.05, 0) is 46.7 Å². The lowest BCUT2D eigenvalue weighted by molar-refractivity contribution is -0.149. The van der Waals surface area contributed by atoms with Crippen molar-refractivity contribution in [2.24, 2.45) is 0 Å². The molecular weight excluding hydrogens is 482 g/mol.